The minimum Gasteiger partial charge on any atom is -0.488 e. The van der Waals surface area contributed by atoms with Crippen molar-refractivity contribution in [3.63, 3.8) is 0 Å². The first-order valence-corrected chi connectivity index (χ1v) is 13.4. The molecular formula is C34H24N4O4. The number of para-hydroxylation sites is 2. The van der Waals surface area contributed by atoms with Crippen LogP contribution < -0.4 is 10.2 Å². The van der Waals surface area contributed by atoms with Gasteiger partial charge in [-0.3, -0.25) is 23.5 Å². The van der Waals surface area contributed by atoms with E-state index in [-0.39, 0.29) is 22.8 Å². The molecule has 0 spiro atoms. The lowest BCUT2D eigenvalue weighted by atomic mass is 10.1. The summed E-state index contributed by atoms with van der Waals surface area (Å²) in [5.41, 5.74) is 5.17. The van der Waals surface area contributed by atoms with Gasteiger partial charge in [-0.1, -0.05) is 43.0 Å². The molecule has 0 radical (unpaired) electrons. The van der Waals surface area contributed by atoms with Gasteiger partial charge in [-0.2, -0.15) is 0 Å². The average molecular weight is 553 g/mol. The Hall–Kier alpha value is -5.76. The minimum absolute atomic E-state index is 0.0951. The molecule has 4 aromatic heterocycles. The van der Waals surface area contributed by atoms with E-state index < -0.39 is 0 Å². The number of hydrogen-bond acceptors (Lipinski definition) is 5. The summed E-state index contributed by atoms with van der Waals surface area (Å²) in [4.78, 5) is 42.4. The Kier molecular flexibility index (Phi) is 5.83. The maximum atomic E-state index is 12.7. The first kappa shape index (κ1) is 25.2. The Balaban J connectivity index is 0.000000137. The summed E-state index contributed by atoms with van der Waals surface area (Å²) in [6, 6.07) is 22.5. The first-order chi connectivity index (χ1) is 20.5. The topological polar surface area (TPSA) is 88.1 Å². The third-order valence-corrected chi connectivity index (χ3v) is 7.52. The van der Waals surface area contributed by atoms with Crippen molar-refractivity contribution in [1.82, 2.24) is 18.7 Å². The van der Waals surface area contributed by atoms with Crippen LogP contribution in [0.1, 0.15) is 20.7 Å². The Labute approximate surface area is 240 Å². The lowest BCUT2D eigenvalue weighted by molar-refractivity contribution is 0.0959. The van der Waals surface area contributed by atoms with Gasteiger partial charge in [-0.15, -0.1) is 6.58 Å². The van der Waals surface area contributed by atoms with Crippen molar-refractivity contribution in [2.24, 2.45) is 0 Å². The molecule has 0 N–H and O–H groups in total. The summed E-state index contributed by atoms with van der Waals surface area (Å²) >= 11 is 0. The summed E-state index contributed by atoms with van der Waals surface area (Å²) in [5.74, 6) is 0.241. The Morgan fingerprint density at radius 2 is 1.40 bits per heavy atom. The molecule has 6 heterocycles. The predicted molar refractivity (Wildman–Crippen MR) is 162 cm³/mol. The van der Waals surface area contributed by atoms with Gasteiger partial charge >= 0.3 is 0 Å². The van der Waals surface area contributed by atoms with E-state index in [1.54, 1.807) is 35.2 Å². The first-order valence-electron chi connectivity index (χ1n) is 13.4. The Morgan fingerprint density at radius 1 is 0.738 bits per heavy atom. The maximum absolute atomic E-state index is 12.7. The molecule has 42 heavy (non-hydrogen) atoms. The number of nitrogens with zero attached hydrogens (tertiary/aromatic N) is 4. The van der Waals surface area contributed by atoms with Crippen LogP contribution in [0.5, 0.6) is 5.75 Å². The van der Waals surface area contributed by atoms with Gasteiger partial charge in [0.05, 0.1) is 28.1 Å². The summed E-state index contributed by atoms with van der Waals surface area (Å²) in [6.07, 6.45) is 6.88. The molecule has 0 amide bonds. The maximum Gasteiger partial charge on any atom is 0.268 e. The minimum atomic E-state index is -0.251. The zero-order valence-electron chi connectivity index (χ0n) is 22.5. The molecule has 2 aromatic carbocycles. The monoisotopic (exact) mass is 552 g/mol. The molecule has 2 aliphatic rings. The van der Waals surface area contributed by atoms with Crippen molar-refractivity contribution in [3.05, 3.63) is 132 Å². The van der Waals surface area contributed by atoms with Gasteiger partial charge in [-0.05, 0) is 48.5 Å². The van der Waals surface area contributed by atoms with Crippen molar-refractivity contribution in [2.45, 2.75) is 6.54 Å². The number of pyridine rings is 2. The average Bonchev–Trinajstić information content (AvgIpc) is 3.79. The zero-order valence-corrected chi connectivity index (χ0v) is 22.5. The van der Waals surface area contributed by atoms with E-state index in [1.165, 1.54) is 4.57 Å². The van der Waals surface area contributed by atoms with Crippen LogP contribution in [0.4, 0.5) is 0 Å². The number of aromatic nitrogens is 4. The van der Waals surface area contributed by atoms with Crippen LogP contribution in [-0.2, 0) is 6.54 Å². The highest BCUT2D eigenvalue weighted by Crippen LogP contribution is 2.40. The standard InChI is InChI=1S/2C17H12N2O2/c1-2-10-21-16-11-6-3-4-7-12(11)18-15-13-8-5-9-19(13)17(20)14(15)16;1-2-9-18-12-7-4-3-6-11(12)16(20)14-15(18)13-8-5-10-19(13)17(14)21/h2-9H,1,10H2;2-8,10H,1,9H2. The SMILES string of the molecule is C=CCOc1c2c(nc3ccccc13)-c1cccn1C2=O.C=CCn1c2c(c(=O)c3ccccc31)C(=O)n1cccc1-2. The molecule has 8 rings (SSSR count). The summed E-state index contributed by atoms with van der Waals surface area (Å²) < 4.78 is 10.9. The molecule has 0 fully saturated rings. The molecule has 0 saturated heterocycles. The molecule has 0 unspecified atom stereocenters. The van der Waals surface area contributed by atoms with E-state index in [9.17, 15) is 14.4 Å². The second kappa shape index (κ2) is 9.71. The van der Waals surface area contributed by atoms with Crippen LogP contribution in [0.3, 0.4) is 0 Å². The summed E-state index contributed by atoms with van der Waals surface area (Å²) in [7, 11) is 0. The summed E-state index contributed by atoms with van der Waals surface area (Å²) in [5, 5.41) is 1.41. The fourth-order valence-corrected chi connectivity index (χ4v) is 5.78. The Bertz CT molecular complexity index is 2180. The van der Waals surface area contributed by atoms with Crippen LogP contribution in [0.25, 0.3) is 44.6 Å². The van der Waals surface area contributed by atoms with Gasteiger partial charge in [0.2, 0.25) is 5.43 Å². The van der Waals surface area contributed by atoms with E-state index >= 15 is 0 Å². The van der Waals surface area contributed by atoms with Crippen molar-refractivity contribution in [3.8, 4) is 28.5 Å². The smallest absolute Gasteiger partial charge is 0.268 e. The number of fused-ring (bicyclic) bond motifs is 8. The van der Waals surface area contributed by atoms with E-state index in [0.29, 0.717) is 41.2 Å². The number of ether oxygens (including phenoxy) is 1. The molecule has 204 valence electrons. The second-order valence-corrected chi connectivity index (χ2v) is 9.89. The number of rotatable bonds is 5. The third-order valence-electron chi connectivity index (χ3n) is 7.52. The van der Waals surface area contributed by atoms with Crippen LogP contribution in [0, 0.1) is 0 Å². The van der Waals surface area contributed by atoms with Crippen LogP contribution >= 0.6 is 0 Å². The normalized spacial score (nSPS) is 12.4. The Morgan fingerprint density at radius 3 is 2.17 bits per heavy atom. The van der Waals surface area contributed by atoms with Crippen molar-refractivity contribution in [2.75, 3.05) is 6.61 Å². The van der Waals surface area contributed by atoms with E-state index in [2.05, 4.69) is 18.1 Å². The molecular weight excluding hydrogens is 528 g/mol. The molecule has 0 atom stereocenters. The lowest BCUT2D eigenvalue weighted by Crippen LogP contribution is -2.19. The number of allylic oxidation sites excluding steroid dienone is 1. The van der Waals surface area contributed by atoms with Crippen LogP contribution in [0.15, 0.2) is 115 Å². The quantitative estimate of drug-likeness (QED) is 0.247. The molecule has 0 saturated carbocycles. The van der Waals surface area contributed by atoms with E-state index in [1.807, 2.05) is 71.3 Å². The van der Waals surface area contributed by atoms with Gasteiger partial charge in [-0.25, -0.2) is 4.98 Å². The fraction of sp³-hybridized carbons (Fsp3) is 0.0588. The van der Waals surface area contributed by atoms with Gasteiger partial charge < -0.3 is 9.30 Å². The summed E-state index contributed by atoms with van der Waals surface area (Å²) in [6.45, 7) is 8.34. The fourth-order valence-electron chi connectivity index (χ4n) is 5.78. The van der Waals surface area contributed by atoms with Gasteiger partial charge in [0.15, 0.2) is 0 Å². The number of carbonyl (C=O) groups excluding carboxylic acids is 2. The van der Waals surface area contributed by atoms with E-state index in [4.69, 9.17) is 4.74 Å². The molecule has 0 aliphatic carbocycles. The largest absolute Gasteiger partial charge is 0.488 e. The number of benzene rings is 2. The molecule has 0 bridgehead atoms. The van der Waals surface area contributed by atoms with Crippen molar-refractivity contribution >= 4 is 33.6 Å². The highest BCUT2D eigenvalue weighted by atomic mass is 16.5. The predicted octanol–water partition coefficient (Wildman–Crippen LogP) is 5.93. The zero-order chi connectivity index (χ0) is 29.0. The highest BCUT2D eigenvalue weighted by Gasteiger charge is 2.33. The molecule has 8 nitrogen and oxygen atoms in total. The van der Waals surface area contributed by atoms with Gasteiger partial charge in [0.25, 0.3) is 11.8 Å². The molecule has 6 aromatic rings. The van der Waals surface area contributed by atoms with Crippen LogP contribution in [0.2, 0.25) is 0 Å². The van der Waals surface area contributed by atoms with Crippen molar-refractivity contribution in [1.29, 1.82) is 0 Å². The van der Waals surface area contributed by atoms with Crippen LogP contribution in [-0.4, -0.2) is 37.1 Å². The van der Waals surface area contributed by atoms with Gasteiger partial charge in [0.1, 0.15) is 29.2 Å². The van der Waals surface area contributed by atoms with Crippen molar-refractivity contribution < 1.29 is 14.3 Å². The number of hydrogen-bond donors (Lipinski definition) is 0. The van der Waals surface area contributed by atoms with Gasteiger partial charge in [0, 0.05) is 29.7 Å². The highest BCUT2D eigenvalue weighted by molar-refractivity contribution is 6.14. The second-order valence-electron chi connectivity index (χ2n) is 9.89. The van der Waals surface area contributed by atoms with E-state index in [0.717, 1.165) is 27.8 Å². The number of carbonyl (C=O) groups is 2. The lowest BCUT2D eigenvalue weighted by Gasteiger charge is -2.14. The molecule has 8 heteroatoms. The molecule has 2 aliphatic heterocycles. The third kappa shape index (κ3) is 3.55.